The number of hydrogen-bond donors (Lipinski definition) is 1. The van der Waals surface area contributed by atoms with Crippen molar-refractivity contribution in [2.24, 2.45) is 7.05 Å². The number of aromatic nitrogens is 4. The molecule has 2 rings (SSSR count). The zero-order chi connectivity index (χ0) is 13.7. The van der Waals surface area contributed by atoms with Gasteiger partial charge in [-0.1, -0.05) is 6.92 Å². The lowest BCUT2D eigenvalue weighted by Gasteiger charge is -2.18. The molecule has 19 heavy (non-hydrogen) atoms. The molecule has 0 saturated carbocycles. The van der Waals surface area contributed by atoms with Gasteiger partial charge < -0.3 is 10.1 Å². The van der Waals surface area contributed by atoms with E-state index < -0.39 is 0 Å². The summed E-state index contributed by atoms with van der Waals surface area (Å²) in [6, 6.07) is -0.0581. The average molecular weight is 261 g/mol. The predicted octanol–water partition coefficient (Wildman–Crippen LogP) is 1.31. The predicted molar refractivity (Wildman–Crippen MR) is 71.9 cm³/mol. The maximum atomic E-state index is 5.29. The molecule has 0 bridgehead atoms. The molecule has 0 aromatic carbocycles. The van der Waals surface area contributed by atoms with E-state index in [4.69, 9.17) is 4.74 Å². The molecule has 0 aliphatic rings. The van der Waals surface area contributed by atoms with Gasteiger partial charge in [0.05, 0.1) is 19.3 Å². The number of methoxy groups -OCH3 is 1. The Hall–Kier alpha value is -1.95. The average Bonchev–Trinajstić information content (AvgIpc) is 2.86. The molecule has 2 heterocycles. The maximum Gasteiger partial charge on any atom is 0.237 e. The van der Waals surface area contributed by atoms with Crippen LogP contribution in [0.5, 0.6) is 5.88 Å². The van der Waals surface area contributed by atoms with Crippen molar-refractivity contribution >= 4 is 0 Å². The molecule has 0 spiro atoms. The van der Waals surface area contributed by atoms with Gasteiger partial charge in [0.15, 0.2) is 0 Å². The minimum absolute atomic E-state index is 0.0581. The molecule has 6 nitrogen and oxygen atoms in total. The van der Waals surface area contributed by atoms with Gasteiger partial charge in [-0.2, -0.15) is 5.10 Å². The lowest BCUT2D eigenvalue weighted by Crippen LogP contribution is -2.24. The zero-order valence-corrected chi connectivity index (χ0v) is 11.5. The van der Waals surface area contributed by atoms with Crippen molar-refractivity contribution in [1.82, 2.24) is 25.1 Å². The second kappa shape index (κ2) is 6.29. The van der Waals surface area contributed by atoms with Gasteiger partial charge in [0.25, 0.3) is 0 Å². The third-order valence-electron chi connectivity index (χ3n) is 2.81. The van der Waals surface area contributed by atoms with Gasteiger partial charge in [-0.25, -0.2) is 4.98 Å². The van der Waals surface area contributed by atoms with E-state index in [1.165, 1.54) is 0 Å². The van der Waals surface area contributed by atoms with Gasteiger partial charge in [-0.3, -0.25) is 9.67 Å². The summed E-state index contributed by atoms with van der Waals surface area (Å²) in [7, 11) is 3.50. The van der Waals surface area contributed by atoms with Crippen molar-refractivity contribution in [3.05, 3.63) is 36.0 Å². The molecule has 0 fully saturated rings. The van der Waals surface area contributed by atoms with Crippen LogP contribution in [0.3, 0.4) is 0 Å². The first kappa shape index (κ1) is 13.5. The Balaban J connectivity index is 2.36. The molecule has 1 N–H and O–H groups in total. The summed E-state index contributed by atoms with van der Waals surface area (Å²) < 4.78 is 7.07. The third kappa shape index (κ3) is 3.08. The molecule has 2 aromatic rings. The highest BCUT2D eigenvalue weighted by atomic mass is 16.5. The summed E-state index contributed by atoms with van der Waals surface area (Å²) >= 11 is 0. The van der Waals surface area contributed by atoms with Crippen molar-refractivity contribution < 1.29 is 4.74 Å². The van der Waals surface area contributed by atoms with E-state index in [2.05, 4.69) is 27.3 Å². The first-order chi connectivity index (χ1) is 9.26. The summed E-state index contributed by atoms with van der Waals surface area (Å²) in [5.74, 6) is 0.542. The maximum absolute atomic E-state index is 5.29. The molecule has 0 amide bonds. The lowest BCUT2D eigenvalue weighted by atomic mass is 10.1. The standard InChI is InChI=1S/C13H19N5O/c1-4-5-14-11(10-8-17-18(2)9-10)12-13(19-3)16-7-6-15-12/h6-9,11,14H,4-5H2,1-3H3. The van der Waals surface area contributed by atoms with Gasteiger partial charge >= 0.3 is 0 Å². The van der Waals surface area contributed by atoms with Crippen LogP contribution in [0.25, 0.3) is 0 Å². The Morgan fingerprint density at radius 3 is 2.79 bits per heavy atom. The number of hydrogen-bond acceptors (Lipinski definition) is 5. The molecule has 102 valence electrons. The van der Waals surface area contributed by atoms with Crippen LogP contribution in [0.1, 0.15) is 30.6 Å². The first-order valence-electron chi connectivity index (χ1n) is 6.33. The van der Waals surface area contributed by atoms with Crippen LogP contribution in [0, 0.1) is 0 Å². The summed E-state index contributed by atoms with van der Waals surface area (Å²) in [5.41, 5.74) is 1.83. The number of ether oxygens (including phenoxy) is 1. The Morgan fingerprint density at radius 1 is 1.37 bits per heavy atom. The second-order valence-electron chi connectivity index (χ2n) is 4.29. The Labute approximate surface area is 112 Å². The van der Waals surface area contributed by atoms with E-state index in [9.17, 15) is 0 Å². The van der Waals surface area contributed by atoms with Crippen molar-refractivity contribution in [1.29, 1.82) is 0 Å². The van der Waals surface area contributed by atoms with Crippen LogP contribution in [-0.4, -0.2) is 33.4 Å². The quantitative estimate of drug-likeness (QED) is 0.849. The zero-order valence-electron chi connectivity index (χ0n) is 11.5. The van der Waals surface area contributed by atoms with Crippen LogP contribution in [0.2, 0.25) is 0 Å². The Morgan fingerprint density at radius 2 is 2.16 bits per heavy atom. The first-order valence-corrected chi connectivity index (χ1v) is 6.33. The molecule has 1 unspecified atom stereocenters. The number of rotatable bonds is 6. The van der Waals surface area contributed by atoms with Crippen molar-refractivity contribution in [2.45, 2.75) is 19.4 Å². The largest absolute Gasteiger partial charge is 0.480 e. The van der Waals surface area contributed by atoms with Crippen LogP contribution in [-0.2, 0) is 7.05 Å². The van der Waals surface area contributed by atoms with Crippen molar-refractivity contribution in [3.63, 3.8) is 0 Å². The second-order valence-corrected chi connectivity index (χ2v) is 4.29. The van der Waals surface area contributed by atoms with E-state index in [-0.39, 0.29) is 6.04 Å². The molecular formula is C13H19N5O. The molecule has 6 heteroatoms. The Kier molecular flexibility index (Phi) is 4.46. The van der Waals surface area contributed by atoms with Crippen molar-refractivity contribution in [3.8, 4) is 5.88 Å². The minimum Gasteiger partial charge on any atom is -0.480 e. The highest BCUT2D eigenvalue weighted by molar-refractivity contribution is 5.30. The molecule has 0 aliphatic carbocycles. The van der Waals surface area contributed by atoms with E-state index in [0.717, 1.165) is 24.2 Å². The molecule has 2 aromatic heterocycles. The van der Waals surface area contributed by atoms with Crippen LogP contribution in [0.4, 0.5) is 0 Å². The fourth-order valence-electron chi connectivity index (χ4n) is 1.94. The third-order valence-corrected chi connectivity index (χ3v) is 2.81. The smallest absolute Gasteiger partial charge is 0.237 e. The minimum atomic E-state index is -0.0581. The molecular weight excluding hydrogens is 242 g/mol. The summed E-state index contributed by atoms with van der Waals surface area (Å²) in [4.78, 5) is 8.61. The van der Waals surface area contributed by atoms with Crippen LogP contribution < -0.4 is 10.1 Å². The highest BCUT2D eigenvalue weighted by Crippen LogP contribution is 2.25. The molecule has 0 radical (unpaired) electrons. The van der Waals surface area contributed by atoms with Gasteiger partial charge in [0, 0.05) is 31.2 Å². The van der Waals surface area contributed by atoms with Gasteiger partial charge in [-0.15, -0.1) is 0 Å². The fourth-order valence-corrected chi connectivity index (χ4v) is 1.94. The molecule has 0 saturated heterocycles. The monoisotopic (exact) mass is 261 g/mol. The highest BCUT2D eigenvalue weighted by Gasteiger charge is 2.21. The molecule has 0 aliphatic heterocycles. The fraction of sp³-hybridized carbons (Fsp3) is 0.462. The van der Waals surface area contributed by atoms with Crippen LogP contribution >= 0.6 is 0 Å². The summed E-state index contributed by atoms with van der Waals surface area (Å²) in [6.45, 7) is 3.01. The van der Waals surface area contributed by atoms with E-state index in [1.807, 2.05) is 19.4 Å². The van der Waals surface area contributed by atoms with Gasteiger partial charge in [-0.05, 0) is 13.0 Å². The van der Waals surface area contributed by atoms with Crippen LogP contribution in [0.15, 0.2) is 24.8 Å². The van der Waals surface area contributed by atoms with E-state index in [1.54, 1.807) is 24.2 Å². The normalized spacial score (nSPS) is 12.4. The van der Waals surface area contributed by atoms with Gasteiger partial charge in [0.1, 0.15) is 5.69 Å². The van der Waals surface area contributed by atoms with E-state index >= 15 is 0 Å². The molecule has 1 atom stereocenters. The van der Waals surface area contributed by atoms with Gasteiger partial charge in [0.2, 0.25) is 5.88 Å². The summed E-state index contributed by atoms with van der Waals surface area (Å²) in [5, 5.41) is 7.67. The number of aryl methyl sites for hydroxylation is 1. The van der Waals surface area contributed by atoms with Crippen molar-refractivity contribution in [2.75, 3.05) is 13.7 Å². The topological polar surface area (TPSA) is 64.9 Å². The summed E-state index contributed by atoms with van der Waals surface area (Å²) in [6.07, 6.45) is 8.15. The number of nitrogens with zero attached hydrogens (tertiary/aromatic N) is 4. The number of nitrogens with one attached hydrogen (secondary N) is 1. The lowest BCUT2D eigenvalue weighted by molar-refractivity contribution is 0.382. The van der Waals surface area contributed by atoms with E-state index in [0.29, 0.717) is 5.88 Å². The Bertz CT molecular complexity index is 525. The SMILES string of the molecule is CCCNC(c1cnn(C)c1)c1nccnc1OC.